The molecule has 0 spiro atoms. The summed E-state index contributed by atoms with van der Waals surface area (Å²) in [6.45, 7) is 1.99. The van der Waals surface area contributed by atoms with Crippen molar-refractivity contribution < 1.29 is 0 Å². The molecule has 3 aromatic rings. The van der Waals surface area contributed by atoms with Gasteiger partial charge < -0.3 is 0 Å². The summed E-state index contributed by atoms with van der Waals surface area (Å²) in [5.74, 6) is 0. The Hall–Kier alpha value is -3.27. The fourth-order valence-corrected chi connectivity index (χ4v) is 3.41. The van der Waals surface area contributed by atoms with Crippen molar-refractivity contribution in [2.75, 3.05) is 5.01 Å². The van der Waals surface area contributed by atoms with Gasteiger partial charge >= 0.3 is 0 Å². The second-order valence-corrected chi connectivity index (χ2v) is 6.14. The Morgan fingerprint density at radius 1 is 0.800 bits per heavy atom. The van der Waals surface area contributed by atoms with Crippen LogP contribution in [0, 0.1) is 4.91 Å². The largest absolute Gasteiger partial charge is 0.250 e. The summed E-state index contributed by atoms with van der Waals surface area (Å²) in [6.07, 6.45) is 0. The number of nitrogens with zero attached hydrogens (tertiary/aromatic N) is 3. The Bertz CT molecular complexity index is 938. The first kappa shape index (κ1) is 15.3. The number of benzene rings is 3. The molecule has 0 fully saturated rings. The molecule has 3 aromatic carbocycles. The lowest BCUT2D eigenvalue weighted by atomic mass is 9.86. The Morgan fingerprint density at radius 2 is 1.40 bits per heavy atom. The number of anilines is 1. The topological polar surface area (TPSA) is 45.0 Å². The number of rotatable bonds is 3. The minimum Gasteiger partial charge on any atom is -0.250 e. The lowest BCUT2D eigenvalue weighted by molar-refractivity contribution is 0.606. The van der Waals surface area contributed by atoms with Crippen molar-refractivity contribution in [3.8, 4) is 0 Å². The van der Waals surface area contributed by atoms with E-state index in [4.69, 9.17) is 4.99 Å². The highest BCUT2D eigenvalue weighted by Crippen LogP contribution is 2.46. The zero-order valence-electron chi connectivity index (χ0n) is 13.8. The summed E-state index contributed by atoms with van der Waals surface area (Å²) in [6, 6.07) is 27.4. The first-order valence-electron chi connectivity index (χ1n) is 8.18. The lowest BCUT2D eigenvalue weighted by Crippen LogP contribution is -2.42. The van der Waals surface area contributed by atoms with Crippen molar-refractivity contribution >= 4 is 17.1 Å². The molecule has 0 N–H and O–H groups in total. The lowest BCUT2D eigenvalue weighted by Gasteiger charge is -2.31. The minimum atomic E-state index is -0.761. The predicted molar refractivity (Wildman–Crippen MR) is 101 cm³/mol. The van der Waals surface area contributed by atoms with E-state index < -0.39 is 5.54 Å². The summed E-state index contributed by atoms with van der Waals surface area (Å²) in [5, 5.41) is 4.88. The maximum absolute atomic E-state index is 11.8. The number of para-hydroxylation sites is 2. The SMILES string of the molecule is CC1(c2ccccc2)C(=Nc2ccccc2)c2ccccc2N1N=O. The Labute approximate surface area is 146 Å². The van der Waals surface area contributed by atoms with Gasteiger partial charge in [0.1, 0.15) is 5.54 Å². The van der Waals surface area contributed by atoms with E-state index in [2.05, 4.69) is 5.29 Å². The van der Waals surface area contributed by atoms with Crippen LogP contribution in [-0.4, -0.2) is 5.71 Å². The second kappa shape index (κ2) is 5.98. The van der Waals surface area contributed by atoms with Crippen LogP contribution in [0.25, 0.3) is 0 Å². The summed E-state index contributed by atoms with van der Waals surface area (Å²) in [4.78, 5) is 16.7. The molecule has 0 saturated carbocycles. The molecule has 0 radical (unpaired) electrons. The van der Waals surface area contributed by atoms with Crippen LogP contribution >= 0.6 is 0 Å². The monoisotopic (exact) mass is 327 g/mol. The third-order valence-electron chi connectivity index (χ3n) is 4.69. The average molecular weight is 327 g/mol. The quantitative estimate of drug-likeness (QED) is 0.619. The number of fused-ring (bicyclic) bond motifs is 1. The molecular weight excluding hydrogens is 310 g/mol. The summed E-state index contributed by atoms with van der Waals surface area (Å²) < 4.78 is 0. The summed E-state index contributed by atoms with van der Waals surface area (Å²) >= 11 is 0. The van der Waals surface area contributed by atoms with Crippen LogP contribution in [0.15, 0.2) is 95.2 Å². The van der Waals surface area contributed by atoms with E-state index in [0.717, 1.165) is 28.2 Å². The molecule has 4 rings (SSSR count). The second-order valence-electron chi connectivity index (χ2n) is 6.14. The Kier molecular flexibility index (Phi) is 3.65. The molecule has 25 heavy (non-hydrogen) atoms. The molecule has 1 unspecified atom stereocenters. The molecular formula is C21H17N3O. The van der Waals surface area contributed by atoms with Gasteiger partial charge in [0, 0.05) is 5.56 Å². The molecule has 1 heterocycles. The van der Waals surface area contributed by atoms with Crippen molar-refractivity contribution in [2.24, 2.45) is 10.3 Å². The van der Waals surface area contributed by atoms with Gasteiger partial charge in [0.05, 0.1) is 22.4 Å². The number of hydrogen-bond acceptors (Lipinski definition) is 3. The van der Waals surface area contributed by atoms with Gasteiger partial charge in [0.25, 0.3) is 0 Å². The highest BCUT2D eigenvalue weighted by molar-refractivity contribution is 6.17. The Morgan fingerprint density at radius 3 is 2.08 bits per heavy atom. The van der Waals surface area contributed by atoms with Crippen LogP contribution in [0.1, 0.15) is 18.1 Å². The standard InChI is InChI=1S/C21H17N3O/c1-21(16-10-4-2-5-11-16)20(22-17-12-6-3-7-13-17)18-14-8-9-15-19(18)24(21)23-25/h2-15H,1H3. The van der Waals surface area contributed by atoms with Gasteiger partial charge in [-0.05, 0) is 30.7 Å². The zero-order chi connectivity index (χ0) is 17.3. The van der Waals surface area contributed by atoms with E-state index >= 15 is 0 Å². The summed E-state index contributed by atoms with van der Waals surface area (Å²) in [7, 11) is 0. The van der Waals surface area contributed by atoms with Crippen LogP contribution in [-0.2, 0) is 5.54 Å². The normalized spacial score (nSPS) is 20.5. The molecule has 0 aromatic heterocycles. The average Bonchev–Trinajstić information content (AvgIpc) is 2.92. The van der Waals surface area contributed by atoms with E-state index in [9.17, 15) is 4.91 Å². The molecule has 4 nitrogen and oxygen atoms in total. The van der Waals surface area contributed by atoms with Crippen LogP contribution in [0.3, 0.4) is 0 Å². The molecule has 4 heteroatoms. The smallest absolute Gasteiger partial charge is 0.131 e. The van der Waals surface area contributed by atoms with Crippen molar-refractivity contribution in [2.45, 2.75) is 12.5 Å². The molecule has 122 valence electrons. The van der Waals surface area contributed by atoms with Crippen molar-refractivity contribution in [1.29, 1.82) is 0 Å². The van der Waals surface area contributed by atoms with Crippen molar-refractivity contribution in [1.82, 2.24) is 0 Å². The maximum Gasteiger partial charge on any atom is 0.131 e. The van der Waals surface area contributed by atoms with Crippen LogP contribution in [0.4, 0.5) is 11.4 Å². The fourth-order valence-electron chi connectivity index (χ4n) is 3.41. The number of hydrogen-bond donors (Lipinski definition) is 0. The maximum atomic E-state index is 11.8. The zero-order valence-corrected chi connectivity index (χ0v) is 13.8. The fraction of sp³-hybridized carbons (Fsp3) is 0.0952. The predicted octanol–water partition coefficient (Wildman–Crippen LogP) is 5.22. The first-order chi connectivity index (χ1) is 12.2. The van der Waals surface area contributed by atoms with E-state index in [-0.39, 0.29) is 0 Å². The van der Waals surface area contributed by atoms with Gasteiger partial charge in [-0.1, -0.05) is 66.7 Å². The van der Waals surface area contributed by atoms with Crippen molar-refractivity contribution in [3.63, 3.8) is 0 Å². The molecule has 0 amide bonds. The van der Waals surface area contributed by atoms with Gasteiger partial charge in [0.2, 0.25) is 0 Å². The molecule has 1 atom stereocenters. The number of aliphatic imine (C=N–C) groups is 1. The van der Waals surface area contributed by atoms with Gasteiger partial charge in [-0.3, -0.25) is 0 Å². The van der Waals surface area contributed by atoms with Crippen LogP contribution < -0.4 is 5.01 Å². The molecule has 0 saturated heterocycles. The van der Waals surface area contributed by atoms with E-state index in [1.807, 2.05) is 91.9 Å². The first-order valence-corrected chi connectivity index (χ1v) is 8.18. The van der Waals surface area contributed by atoms with Gasteiger partial charge in [-0.15, -0.1) is 4.91 Å². The van der Waals surface area contributed by atoms with Crippen LogP contribution in [0.5, 0.6) is 0 Å². The third kappa shape index (κ3) is 2.34. The minimum absolute atomic E-state index is 0.761. The van der Waals surface area contributed by atoms with Crippen molar-refractivity contribution in [3.05, 3.63) is 101 Å². The number of nitroso groups, excluding NO2 is 1. The molecule has 0 bridgehead atoms. The van der Waals surface area contributed by atoms with E-state index in [1.54, 1.807) is 0 Å². The highest BCUT2D eigenvalue weighted by Gasteiger charge is 2.48. The van der Waals surface area contributed by atoms with Crippen LogP contribution in [0.2, 0.25) is 0 Å². The van der Waals surface area contributed by atoms with Gasteiger partial charge in [-0.2, -0.15) is 0 Å². The highest BCUT2D eigenvalue weighted by atomic mass is 16.3. The van der Waals surface area contributed by atoms with E-state index in [0.29, 0.717) is 0 Å². The molecule has 0 aliphatic carbocycles. The van der Waals surface area contributed by atoms with E-state index in [1.165, 1.54) is 5.01 Å². The summed E-state index contributed by atoms with van der Waals surface area (Å²) in [5.41, 5.74) is 3.58. The van der Waals surface area contributed by atoms with Gasteiger partial charge in [-0.25, -0.2) is 10.0 Å². The molecule has 1 aliphatic rings. The molecule has 1 aliphatic heterocycles. The Balaban J connectivity index is 2.00. The van der Waals surface area contributed by atoms with Gasteiger partial charge in [0.15, 0.2) is 0 Å². The third-order valence-corrected chi connectivity index (χ3v) is 4.69.